The number of nitrogens with two attached hydrogens (primary N) is 2. The van der Waals surface area contributed by atoms with E-state index in [1.54, 1.807) is 0 Å². The number of amides is 1. The van der Waals surface area contributed by atoms with Gasteiger partial charge in [-0.3, -0.25) is 0 Å². The first-order valence-electron chi connectivity index (χ1n) is 11.4. The molecule has 2 aliphatic rings. The Balaban J connectivity index is 1.47. The van der Waals surface area contributed by atoms with E-state index >= 15 is 0 Å². The third kappa shape index (κ3) is 3.77. The molecule has 2 aromatic carbocycles. The van der Waals surface area contributed by atoms with Crippen LogP contribution in [0.5, 0.6) is 5.75 Å². The molecular weight excluding hydrogens is 404 g/mol. The van der Waals surface area contributed by atoms with Crippen molar-refractivity contribution in [2.75, 3.05) is 24.0 Å². The standard InChI is InChI=1S/C25H30N4O3/c1-2-31-20-12-13-22-21(14-20)23(26)24(28(22)18-4-3-5-18)17-8-10-19(11-9-17)29(27)25(30)32-15-16-6-7-16/h8-14,16,18H,2-7,15,26-27H2,1H3. The van der Waals surface area contributed by atoms with E-state index in [9.17, 15) is 4.79 Å². The summed E-state index contributed by atoms with van der Waals surface area (Å²) in [5.41, 5.74) is 11.1. The number of hydrazine groups is 1. The van der Waals surface area contributed by atoms with Crippen LogP contribution in [0, 0.1) is 5.92 Å². The summed E-state index contributed by atoms with van der Waals surface area (Å²) in [5, 5.41) is 2.07. The Morgan fingerprint density at radius 2 is 1.88 bits per heavy atom. The van der Waals surface area contributed by atoms with E-state index < -0.39 is 6.09 Å². The molecule has 7 nitrogen and oxygen atoms in total. The van der Waals surface area contributed by atoms with Crippen LogP contribution < -0.4 is 21.3 Å². The largest absolute Gasteiger partial charge is 0.494 e. The number of aromatic nitrogens is 1. The molecule has 1 amide bonds. The Hall–Kier alpha value is -3.19. The van der Waals surface area contributed by atoms with Crippen LogP contribution >= 0.6 is 0 Å². The van der Waals surface area contributed by atoms with Crippen molar-refractivity contribution in [1.82, 2.24) is 4.57 Å². The van der Waals surface area contributed by atoms with E-state index in [1.807, 2.05) is 43.3 Å². The summed E-state index contributed by atoms with van der Waals surface area (Å²) >= 11 is 0. The van der Waals surface area contributed by atoms with Crippen LogP contribution in [0.1, 0.15) is 45.1 Å². The highest BCUT2D eigenvalue weighted by Crippen LogP contribution is 2.45. The lowest BCUT2D eigenvalue weighted by Gasteiger charge is -2.30. The van der Waals surface area contributed by atoms with Gasteiger partial charge < -0.3 is 19.8 Å². The maximum absolute atomic E-state index is 12.2. The number of hydrogen-bond donors (Lipinski definition) is 2. The number of anilines is 2. The van der Waals surface area contributed by atoms with Gasteiger partial charge in [-0.25, -0.2) is 15.6 Å². The smallest absolute Gasteiger partial charge is 0.428 e. The Kier molecular flexibility index (Phi) is 5.43. The van der Waals surface area contributed by atoms with Gasteiger partial charge in [0.15, 0.2) is 0 Å². The van der Waals surface area contributed by atoms with E-state index in [2.05, 4.69) is 10.6 Å². The average molecular weight is 435 g/mol. The van der Waals surface area contributed by atoms with Crippen molar-refractivity contribution in [3.8, 4) is 17.0 Å². The van der Waals surface area contributed by atoms with Gasteiger partial charge in [-0.15, -0.1) is 0 Å². The Bertz CT molecular complexity index is 1130. The van der Waals surface area contributed by atoms with Gasteiger partial charge in [-0.1, -0.05) is 12.1 Å². The highest BCUT2D eigenvalue weighted by molar-refractivity contribution is 6.02. The number of benzene rings is 2. The second-order valence-electron chi connectivity index (χ2n) is 8.77. The monoisotopic (exact) mass is 434 g/mol. The number of fused-ring (bicyclic) bond motifs is 1. The van der Waals surface area contributed by atoms with Crippen LogP contribution in [0.25, 0.3) is 22.2 Å². The Labute approximate surface area is 187 Å². The maximum atomic E-state index is 12.2. The summed E-state index contributed by atoms with van der Waals surface area (Å²) in [7, 11) is 0. The minimum Gasteiger partial charge on any atom is -0.494 e. The fraction of sp³-hybridized carbons (Fsp3) is 0.400. The lowest BCUT2D eigenvalue weighted by molar-refractivity contribution is 0.148. The number of hydrogen-bond acceptors (Lipinski definition) is 5. The number of ether oxygens (including phenoxy) is 2. The van der Waals surface area contributed by atoms with Gasteiger partial charge in [0.2, 0.25) is 0 Å². The second kappa shape index (κ2) is 8.39. The normalized spacial score (nSPS) is 16.1. The highest BCUT2D eigenvalue weighted by atomic mass is 16.6. The van der Waals surface area contributed by atoms with Crippen LogP contribution in [-0.4, -0.2) is 23.9 Å². The van der Waals surface area contributed by atoms with Crippen LogP contribution in [0.3, 0.4) is 0 Å². The van der Waals surface area contributed by atoms with Crippen LogP contribution in [0.2, 0.25) is 0 Å². The van der Waals surface area contributed by atoms with E-state index in [0.29, 0.717) is 30.9 Å². The fourth-order valence-corrected chi connectivity index (χ4v) is 4.32. The average Bonchev–Trinajstić information content (AvgIpc) is 3.56. The van der Waals surface area contributed by atoms with Crippen molar-refractivity contribution < 1.29 is 14.3 Å². The number of rotatable bonds is 7. The first-order chi connectivity index (χ1) is 15.6. The second-order valence-corrected chi connectivity index (χ2v) is 8.77. The molecule has 1 aromatic heterocycles. The number of nitrogens with zero attached hydrogens (tertiary/aromatic N) is 2. The molecule has 168 valence electrons. The van der Waals surface area contributed by atoms with E-state index in [-0.39, 0.29) is 0 Å². The van der Waals surface area contributed by atoms with Crippen molar-refractivity contribution in [2.24, 2.45) is 11.8 Å². The van der Waals surface area contributed by atoms with Gasteiger partial charge in [0.1, 0.15) is 5.75 Å². The Morgan fingerprint density at radius 1 is 1.12 bits per heavy atom. The van der Waals surface area contributed by atoms with E-state index in [0.717, 1.165) is 64.3 Å². The maximum Gasteiger partial charge on any atom is 0.428 e. The quantitative estimate of drug-likeness (QED) is 0.301. The molecule has 2 saturated carbocycles. The minimum absolute atomic E-state index is 0.436. The van der Waals surface area contributed by atoms with Crippen LogP contribution in [0.4, 0.5) is 16.2 Å². The molecule has 7 heteroatoms. The zero-order chi connectivity index (χ0) is 22.2. The first kappa shape index (κ1) is 20.7. The molecule has 4 N–H and O–H groups in total. The van der Waals surface area contributed by atoms with Gasteiger partial charge in [0, 0.05) is 17.0 Å². The third-order valence-corrected chi connectivity index (χ3v) is 6.52. The van der Waals surface area contributed by atoms with Crippen molar-refractivity contribution in [1.29, 1.82) is 0 Å². The number of carbonyl (C=O) groups is 1. The molecule has 0 unspecified atom stereocenters. The summed E-state index contributed by atoms with van der Waals surface area (Å²) in [6.07, 6.45) is 5.22. The zero-order valence-corrected chi connectivity index (χ0v) is 18.4. The summed E-state index contributed by atoms with van der Waals surface area (Å²) < 4.78 is 13.3. The molecule has 0 atom stereocenters. The molecule has 3 aromatic rings. The molecule has 5 rings (SSSR count). The third-order valence-electron chi connectivity index (χ3n) is 6.52. The van der Waals surface area contributed by atoms with Crippen molar-refractivity contribution in [2.45, 2.75) is 45.1 Å². The fourth-order valence-electron chi connectivity index (χ4n) is 4.32. The van der Waals surface area contributed by atoms with Crippen LogP contribution in [-0.2, 0) is 4.74 Å². The molecular formula is C25H30N4O3. The molecule has 2 aliphatic carbocycles. The summed E-state index contributed by atoms with van der Waals surface area (Å²) in [4.78, 5) is 12.2. The molecule has 32 heavy (non-hydrogen) atoms. The summed E-state index contributed by atoms with van der Waals surface area (Å²) in [6, 6.07) is 14.2. The van der Waals surface area contributed by atoms with E-state index in [4.69, 9.17) is 21.1 Å². The lowest BCUT2D eigenvalue weighted by atomic mass is 9.92. The Morgan fingerprint density at radius 3 is 2.50 bits per heavy atom. The van der Waals surface area contributed by atoms with Gasteiger partial charge in [-0.05, 0) is 75.3 Å². The van der Waals surface area contributed by atoms with Gasteiger partial charge >= 0.3 is 6.09 Å². The molecule has 0 saturated heterocycles. The van der Waals surface area contributed by atoms with Crippen LogP contribution in [0.15, 0.2) is 42.5 Å². The molecule has 0 aliphatic heterocycles. The molecule has 1 heterocycles. The predicted molar refractivity (Wildman–Crippen MR) is 127 cm³/mol. The van der Waals surface area contributed by atoms with Gasteiger partial charge in [0.05, 0.1) is 35.8 Å². The molecule has 0 bridgehead atoms. The summed E-state index contributed by atoms with van der Waals surface area (Å²) in [5.74, 6) is 7.31. The molecule has 0 radical (unpaired) electrons. The van der Waals surface area contributed by atoms with Crippen molar-refractivity contribution in [3.63, 3.8) is 0 Å². The van der Waals surface area contributed by atoms with Crippen molar-refractivity contribution in [3.05, 3.63) is 42.5 Å². The highest BCUT2D eigenvalue weighted by Gasteiger charge is 2.27. The van der Waals surface area contributed by atoms with Crippen molar-refractivity contribution >= 4 is 28.4 Å². The SMILES string of the molecule is CCOc1ccc2c(c1)c(N)c(-c1ccc(N(N)C(=O)OCC3CC3)cc1)n2C1CCC1. The molecule has 0 spiro atoms. The van der Waals surface area contributed by atoms with Gasteiger partial charge in [-0.2, -0.15) is 0 Å². The zero-order valence-electron chi connectivity index (χ0n) is 18.4. The number of carbonyl (C=O) groups excluding carboxylic acids is 1. The predicted octanol–water partition coefficient (Wildman–Crippen LogP) is 5.24. The molecule has 2 fully saturated rings. The first-order valence-corrected chi connectivity index (χ1v) is 11.4. The number of nitrogen functional groups attached to an aromatic ring is 1. The van der Waals surface area contributed by atoms with Gasteiger partial charge in [0.25, 0.3) is 0 Å². The lowest BCUT2D eigenvalue weighted by Crippen LogP contribution is -2.38. The summed E-state index contributed by atoms with van der Waals surface area (Å²) in [6.45, 7) is 3.02. The van der Waals surface area contributed by atoms with E-state index in [1.165, 1.54) is 6.42 Å². The minimum atomic E-state index is -0.531. The topological polar surface area (TPSA) is 95.7 Å².